The van der Waals surface area contributed by atoms with Crippen molar-refractivity contribution in [3.63, 3.8) is 0 Å². The molecule has 1 aromatic rings. The summed E-state index contributed by atoms with van der Waals surface area (Å²) in [5.41, 5.74) is 2.95. The molecule has 0 aliphatic rings. The lowest BCUT2D eigenvalue weighted by Crippen LogP contribution is -2.39. The highest BCUT2D eigenvalue weighted by atomic mass is 19.3. The average Bonchev–Trinajstić information content (AvgIpc) is 2.32. The predicted octanol–water partition coefficient (Wildman–Crippen LogP) is 1.59. The van der Waals surface area contributed by atoms with Gasteiger partial charge in [-0.25, -0.2) is 8.78 Å². The molecule has 1 aromatic carbocycles. The molecule has 1 rings (SSSR count). The zero-order chi connectivity index (χ0) is 13.8. The standard InChI is InChI=1S/C13H17F2NO2/c1-9-3-4-11(5-10(9)2)6-12(18)16-7-13(14,15)8-17/h3-5,17H,6-8H2,1-2H3,(H,16,18). The minimum atomic E-state index is -3.27. The van der Waals surface area contributed by atoms with Crippen molar-refractivity contribution in [1.29, 1.82) is 0 Å². The van der Waals surface area contributed by atoms with Crippen LogP contribution in [0, 0.1) is 13.8 Å². The molecule has 0 saturated carbocycles. The molecule has 0 fully saturated rings. The van der Waals surface area contributed by atoms with Gasteiger partial charge in [0.05, 0.1) is 13.0 Å². The average molecular weight is 257 g/mol. The van der Waals surface area contributed by atoms with Crippen LogP contribution in [0.25, 0.3) is 0 Å². The number of rotatable bonds is 5. The number of amides is 1. The lowest BCUT2D eigenvalue weighted by atomic mass is 10.0. The summed E-state index contributed by atoms with van der Waals surface area (Å²) in [6, 6.07) is 5.55. The maximum absolute atomic E-state index is 12.7. The number of hydrogen-bond acceptors (Lipinski definition) is 2. The van der Waals surface area contributed by atoms with Gasteiger partial charge in [-0.1, -0.05) is 18.2 Å². The van der Waals surface area contributed by atoms with Crippen LogP contribution in [0.4, 0.5) is 8.78 Å². The third-order valence-corrected chi connectivity index (χ3v) is 2.71. The second kappa shape index (κ2) is 5.91. The minimum Gasteiger partial charge on any atom is -0.390 e. The van der Waals surface area contributed by atoms with E-state index in [1.165, 1.54) is 0 Å². The van der Waals surface area contributed by atoms with Crippen LogP contribution < -0.4 is 5.32 Å². The summed E-state index contributed by atoms with van der Waals surface area (Å²) in [4.78, 5) is 11.4. The maximum Gasteiger partial charge on any atom is 0.287 e. The highest BCUT2D eigenvalue weighted by Crippen LogP contribution is 2.12. The van der Waals surface area contributed by atoms with E-state index in [0.717, 1.165) is 16.7 Å². The van der Waals surface area contributed by atoms with Crippen LogP contribution in [-0.4, -0.2) is 30.1 Å². The van der Waals surface area contributed by atoms with E-state index >= 15 is 0 Å². The van der Waals surface area contributed by atoms with E-state index in [4.69, 9.17) is 5.11 Å². The number of aliphatic hydroxyl groups is 1. The smallest absolute Gasteiger partial charge is 0.287 e. The summed E-state index contributed by atoms with van der Waals surface area (Å²) in [6.07, 6.45) is 0.0582. The lowest BCUT2D eigenvalue weighted by Gasteiger charge is -2.14. The Hall–Kier alpha value is -1.49. The third-order valence-electron chi connectivity index (χ3n) is 2.71. The van der Waals surface area contributed by atoms with Gasteiger partial charge in [0.25, 0.3) is 5.92 Å². The fourth-order valence-electron chi connectivity index (χ4n) is 1.45. The molecular weight excluding hydrogens is 240 g/mol. The molecule has 0 heterocycles. The topological polar surface area (TPSA) is 49.3 Å². The van der Waals surface area contributed by atoms with Gasteiger partial charge in [-0.3, -0.25) is 4.79 Å². The molecule has 0 atom stereocenters. The molecule has 5 heteroatoms. The number of carbonyl (C=O) groups excluding carboxylic acids is 1. The molecule has 0 bridgehead atoms. The molecule has 0 saturated heterocycles. The Morgan fingerprint density at radius 1 is 1.33 bits per heavy atom. The van der Waals surface area contributed by atoms with Crippen LogP contribution >= 0.6 is 0 Å². The first-order chi connectivity index (χ1) is 8.34. The van der Waals surface area contributed by atoms with Gasteiger partial charge >= 0.3 is 0 Å². The first-order valence-electron chi connectivity index (χ1n) is 5.65. The third kappa shape index (κ3) is 4.41. The zero-order valence-corrected chi connectivity index (χ0v) is 10.5. The minimum absolute atomic E-state index is 0.0582. The summed E-state index contributed by atoms with van der Waals surface area (Å²) in [5.74, 6) is -3.75. The summed E-state index contributed by atoms with van der Waals surface area (Å²) >= 11 is 0. The molecule has 0 aliphatic heterocycles. The molecule has 0 radical (unpaired) electrons. The number of carbonyl (C=O) groups is 1. The Morgan fingerprint density at radius 3 is 2.56 bits per heavy atom. The summed E-state index contributed by atoms with van der Waals surface area (Å²) in [7, 11) is 0. The van der Waals surface area contributed by atoms with Crippen LogP contribution in [0.5, 0.6) is 0 Å². The second-order valence-corrected chi connectivity index (χ2v) is 4.39. The van der Waals surface area contributed by atoms with Gasteiger partial charge in [-0.2, -0.15) is 0 Å². The van der Waals surface area contributed by atoms with Gasteiger partial charge in [-0.05, 0) is 30.5 Å². The Bertz CT molecular complexity index is 433. The van der Waals surface area contributed by atoms with Crippen molar-refractivity contribution in [3.05, 3.63) is 34.9 Å². The lowest BCUT2D eigenvalue weighted by molar-refractivity contribution is -0.123. The van der Waals surface area contributed by atoms with E-state index < -0.39 is 25.0 Å². The number of aliphatic hydroxyl groups excluding tert-OH is 1. The Balaban J connectivity index is 2.52. The van der Waals surface area contributed by atoms with Gasteiger partial charge in [0.1, 0.15) is 6.61 Å². The fraction of sp³-hybridized carbons (Fsp3) is 0.462. The van der Waals surface area contributed by atoms with Crippen molar-refractivity contribution >= 4 is 5.91 Å². The van der Waals surface area contributed by atoms with Crippen molar-refractivity contribution < 1.29 is 18.7 Å². The molecular formula is C13H17F2NO2. The molecule has 0 aliphatic carbocycles. The van der Waals surface area contributed by atoms with Crippen LogP contribution in [0.3, 0.4) is 0 Å². The molecule has 100 valence electrons. The fourth-order valence-corrected chi connectivity index (χ4v) is 1.45. The van der Waals surface area contributed by atoms with Crippen molar-refractivity contribution in [2.24, 2.45) is 0 Å². The van der Waals surface area contributed by atoms with Crippen molar-refractivity contribution in [3.8, 4) is 0 Å². The maximum atomic E-state index is 12.7. The van der Waals surface area contributed by atoms with Gasteiger partial charge in [0.2, 0.25) is 5.91 Å². The first-order valence-corrected chi connectivity index (χ1v) is 5.65. The molecule has 0 spiro atoms. The highest BCUT2D eigenvalue weighted by Gasteiger charge is 2.28. The van der Waals surface area contributed by atoms with E-state index in [1.54, 1.807) is 6.07 Å². The summed E-state index contributed by atoms with van der Waals surface area (Å²) in [6.45, 7) is 1.78. The molecule has 3 nitrogen and oxygen atoms in total. The number of aryl methyl sites for hydroxylation is 2. The van der Waals surface area contributed by atoms with E-state index in [0.29, 0.717) is 0 Å². The van der Waals surface area contributed by atoms with Crippen LogP contribution in [-0.2, 0) is 11.2 Å². The number of alkyl halides is 2. The molecule has 0 unspecified atom stereocenters. The number of halogens is 2. The Kier molecular flexibility index (Phi) is 4.78. The van der Waals surface area contributed by atoms with Crippen LogP contribution in [0.1, 0.15) is 16.7 Å². The molecule has 0 aromatic heterocycles. The zero-order valence-electron chi connectivity index (χ0n) is 10.5. The Labute approximate surface area is 105 Å². The number of hydrogen-bond donors (Lipinski definition) is 2. The van der Waals surface area contributed by atoms with Crippen LogP contribution in [0.15, 0.2) is 18.2 Å². The summed E-state index contributed by atoms with van der Waals surface area (Å²) < 4.78 is 25.4. The van der Waals surface area contributed by atoms with Crippen molar-refractivity contribution in [2.75, 3.05) is 13.2 Å². The van der Waals surface area contributed by atoms with E-state index in [-0.39, 0.29) is 6.42 Å². The van der Waals surface area contributed by atoms with Gasteiger partial charge in [0.15, 0.2) is 0 Å². The highest BCUT2D eigenvalue weighted by molar-refractivity contribution is 5.78. The summed E-state index contributed by atoms with van der Waals surface area (Å²) in [5, 5.41) is 10.5. The van der Waals surface area contributed by atoms with Crippen LogP contribution in [0.2, 0.25) is 0 Å². The monoisotopic (exact) mass is 257 g/mol. The predicted molar refractivity (Wildman–Crippen MR) is 64.7 cm³/mol. The van der Waals surface area contributed by atoms with Gasteiger partial charge in [0, 0.05) is 0 Å². The van der Waals surface area contributed by atoms with E-state index in [1.807, 2.05) is 26.0 Å². The molecule has 18 heavy (non-hydrogen) atoms. The van der Waals surface area contributed by atoms with E-state index in [2.05, 4.69) is 5.32 Å². The van der Waals surface area contributed by atoms with Crippen molar-refractivity contribution in [2.45, 2.75) is 26.2 Å². The van der Waals surface area contributed by atoms with Gasteiger partial charge in [-0.15, -0.1) is 0 Å². The van der Waals surface area contributed by atoms with Gasteiger partial charge < -0.3 is 10.4 Å². The van der Waals surface area contributed by atoms with Crippen molar-refractivity contribution in [1.82, 2.24) is 5.32 Å². The SMILES string of the molecule is Cc1ccc(CC(=O)NCC(F)(F)CO)cc1C. The Morgan fingerprint density at radius 2 is 2.00 bits per heavy atom. The second-order valence-electron chi connectivity index (χ2n) is 4.39. The largest absolute Gasteiger partial charge is 0.390 e. The van der Waals surface area contributed by atoms with E-state index in [9.17, 15) is 13.6 Å². The first kappa shape index (κ1) is 14.6. The number of nitrogens with one attached hydrogen (secondary N) is 1. The molecule has 1 amide bonds. The molecule has 2 N–H and O–H groups in total. The quantitative estimate of drug-likeness (QED) is 0.841. The normalized spacial score (nSPS) is 11.4. The number of benzene rings is 1.